The number of fused-ring (bicyclic) bond motifs is 1. The van der Waals surface area contributed by atoms with E-state index in [0.29, 0.717) is 0 Å². The molecule has 3 heteroatoms. The van der Waals surface area contributed by atoms with Gasteiger partial charge < -0.3 is 9.88 Å². The molecule has 0 saturated carbocycles. The largest absolute Gasteiger partial charge is 0.342 e. The molecule has 2 rings (SSSR count). The van der Waals surface area contributed by atoms with Gasteiger partial charge in [-0.25, -0.2) is 0 Å². The van der Waals surface area contributed by atoms with Crippen molar-refractivity contribution in [2.24, 2.45) is 0 Å². The predicted octanol–water partition coefficient (Wildman–Crippen LogP) is 3.03. The summed E-state index contributed by atoms with van der Waals surface area (Å²) in [5.74, 6) is 0. The maximum Gasteiger partial charge on any atom is 0.0672 e. The number of aromatic nitrogens is 1. The lowest BCUT2D eigenvalue weighted by Crippen LogP contribution is -2.10. The van der Waals surface area contributed by atoms with Gasteiger partial charge in [0.05, 0.1) is 10.5 Å². The summed E-state index contributed by atoms with van der Waals surface area (Å²) in [6, 6.07) is 8.24. The average molecular weight is 223 g/mol. The Morgan fingerprint density at radius 2 is 2.20 bits per heavy atom. The first-order chi connectivity index (χ1) is 7.27. The number of nitrogens with zero attached hydrogens (tertiary/aromatic N) is 1. The molecule has 0 bridgehead atoms. The van der Waals surface area contributed by atoms with Crippen LogP contribution in [-0.4, -0.2) is 11.6 Å². The van der Waals surface area contributed by atoms with Crippen LogP contribution in [-0.2, 0) is 13.1 Å². The number of nitrogens with one attached hydrogen (secondary N) is 1. The molecule has 0 saturated heterocycles. The van der Waals surface area contributed by atoms with Crippen LogP contribution in [0.1, 0.15) is 12.6 Å². The Hall–Kier alpha value is -0.990. The Kier molecular flexibility index (Phi) is 2.98. The number of hydrogen-bond acceptors (Lipinski definition) is 1. The second kappa shape index (κ2) is 4.25. The molecule has 0 spiro atoms. The van der Waals surface area contributed by atoms with Gasteiger partial charge in [-0.3, -0.25) is 0 Å². The third kappa shape index (κ3) is 1.75. The van der Waals surface area contributed by atoms with Gasteiger partial charge in [-0.1, -0.05) is 23.7 Å². The number of benzene rings is 1. The van der Waals surface area contributed by atoms with Crippen molar-refractivity contribution in [2.45, 2.75) is 20.0 Å². The van der Waals surface area contributed by atoms with Gasteiger partial charge >= 0.3 is 0 Å². The van der Waals surface area contributed by atoms with Crippen molar-refractivity contribution >= 4 is 22.5 Å². The van der Waals surface area contributed by atoms with Crippen molar-refractivity contribution < 1.29 is 0 Å². The smallest absolute Gasteiger partial charge is 0.0672 e. The van der Waals surface area contributed by atoms with Crippen LogP contribution in [0.4, 0.5) is 0 Å². The van der Waals surface area contributed by atoms with Crippen LogP contribution in [0, 0.1) is 0 Å². The normalized spacial score (nSPS) is 11.1. The van der Waals surface area contributed by atoms with Crippen LogP contribution in [0.25, 0.3) is 10.9 Å². The van der Waals surface area contributed by atoms with E-state index in [1.165, 1.54) is 11.1 Å². The van der Waals surface area contributed by atoms with Gasteiger partial charge in [-0.05, 0) is 26.1 Å². The molecule has 80 valence electrons. The number of para-hydroxylation sites is 1. The molecule has 15 heavy (non-hydrogen) atoms. The molecule has 0 atom stereocenters. The topological polar surface area (TPSA) is 17.0 Å². The fourth-order valence-electron chi connectivity index (χ4n) is 2.02. The quantitative estimate of drug-likeness (QED) is 0.845. The van der Waals surface area contributed by atoms with Gasteiger partial charge in [0, 0.05) is 24.2 Å². The van der Waals surface area contributed by atoms with Crippen molar-refractivity contribution in [3.63, 3.8) is 0 Å². The SMILES string of the molecule is CCn1c(CNC)cc2cccc(Cl)c21. The molecule has 0 amide bonds. The highest BCUT2D eigenvalue weighted by Crippen LogP contribution is 2.26. The van der Waals surface area contributed by atoms with Crippen molar-refractivity contribution in [2.75, 3.05) is 7.05 Å². The molecular weight excluding hydrogens is 208 g/mol. The molecule has 0 aliphatic carbocycles. The highest BCUT2D eigenvalue weighted by Gasteiger charge is 2.08. The fourth-order valence-corrected chi connectivity index (χ4v) is 2.31. The number of hydrogen-bond donors (Lipinski definition) is 1. The Bertz CT molecular complexity index is 474. The van der Waals surface area contributed by atoms with Crippen LogP contribution in [0.3, 0.4) is 0 Å². The third-order valence-electron chi connectivity index (χ3n) is 2.63. The van der Waals surface area contributed by atoms with Gasteiger partial charge in [0.15, 0.2) is 0 Å². The van der Waals surface area contributed by atoms with Crippen LogP contribution in [0.5, 0.6) is 0 Å². The maximum absolute atomic E-state index is 6.21. The maximum atomic E-state index is 6.21. The highest BCUT2D eigenvalue weighted by molar-refractivity contribution is 6.35. The monoisotopic (exact) mass is 222 g/mol. The van der Waals surface area contributed by atoms with E-state index in [-0.39, 0.29) is 0 Å². The first-order valence-electron chi connectivity index (χ1n) is 5.19. The van der Waals surface area contributed by atoms with E-state index < -0.39 is 0 Å². The van der Waals surface area contributed by atoms with Crippen molar-refractivity contribution in [1.82, 2.24) is 9.88 Å². The molecular formula is C12H15ClN2. The number of rotatable bonds is 3. The first-order valence-corrected chi connectivity index (χ1v) is 5.57. The van der Waals surface area contributed by atoms with Gasteiger partial charge in [0.1, 0.15) is 0 Å². The Balaban J connectivity index is 2.68. The van der Waals surface area contributed by atoms with Gasteiger partial charge in [0.2, 0.25) is 0 Å². The summed E-state index contributed by atoms with van der Waals surface area (Å²) < 4.78 is 2.26. The molecule has 1 aromatic carbocycles. The first kappa shape index (κ1) is 10.5. The summed E-state index contributed by atoms with van der Waals surface area (Å²) in [6.07, 6.45) is 0. The van der Waals surface area contributed by atoms with Crippen LogP contribution in [0.2, 0.25) is 5.02 Å². The van der Waals surface area contributed by atoms with Crippen molar-refractivity contribution in [3.8, 4) is 0 Å². The summed E-state index contributed by atoms with van der Waals surface area (Å²) >= 11 is 6.21. The summed E-state index contributed by atoms with van der Waals surface area (Å²) in [5, 5.41) is 5.22. The standard InChI is InChI=1S/C12H15ClN2/c1-3-15-10(8-14-2)7-9-5-4-6-11(13)12(9)15/h4-7,14H,3,8H2,1-2H3. The van der Waals surface area contributed by atoms with E-state index in [4.69, 9.17) is 11.6 Å². The van der Waals surface area contributed by atoms with E-state index in [0.717, 1.165) is 23.6 Å². The Morgan fingerprint density at radius 1 is 1.40 bits per heavy atom. The molecule has 1 heterocycles. The molecule has 0 fully saturated rings. The second-order valence-corrected chi connectivity index (χ2v) is 4.00. The van der Waals surface area contributed by atoms with E-state index >= 15 is 0 Å². The summed E-state index contributed by atoms with van der Waals surface area (Å²) in [4.78, 5) is 0. The minimum Gasteiger partial charge on any atom is -0.342 e. The minimum atomic E-state index is 0.830. The van der Waals surface area contributed by atoms with Gasteiger partial charge in [-0.15, -0.1) is 0 Å². The van der Waals surface area contributed by atoms with E-state index in [1.54, 1.807) is 0 Å². The van der Waals surface area contributed by atoms with Gasteiger partial charge in [0.25, 0.3) is 0 Å². The molecule has 0 aliphatic rings. The highest BCUT2D eigenvalue weighted by atomic mass is 35.5. The summed E-state index contributed by atoms with van der Waals surface area (Å²) in [7, 11) is 1.96. The lowest BCUT2D eigenvalue weighted by atomic mass is 10.2. The third-order valence-corrected chi connectivity index (χ3v) is 2.94. The minimum absolute atomic E-state index is 0.830. The zero-order valence-electron chi connectivity index (χ0n) is 9.05. The van der Waals surface area contributed by atoms with E-state index in [1.807, 2.05) is 19.2 Å². The molecule has 2 nitrogen and oxygen atoms in total. The van der Waals surface area contributed by atoms with Crippen LogP contribution in [0.15, 0.2) is 24.3 Å². The Labute approximate surface area is 94.8 Å². The Morgan fingerprint density at radius 3 is 2.87 bits per heavy atom. The van der Waals surface area contributed by atoms with E-state index in [9.17, 15) is 0 Å². The zero-order chi connectivity index (χ0) is 10.8. The summed E-state index contributed by atoms with van der Waals surface area (Å²) in [5.41, 5.74) is 2.43. The number of halogens is 1. The van der Waals surface area contributed by atoms with Crippen molar-refractivity contribution in [3.05, 3.63) is 35.0 Å². The van der Waals surface area contributed by atoms with Crippen LogP contribution < -0.4 is 5.32 Å². The molecule has 0 radical (unpaired) electrons. The summed E-state index contributed by atoms with van der Waals surface area (Å²) in [6.45, 7) is 3.96. The molecule has 2 aromatic rings. The lowest BCUT2D eigenvalue weighted by molar-refractivity contribution is 0.692. The van der Waals surface area contributed by atoms with E-state index in [2.05, 4.69) is 28.9 Å². The predicted molar refractivity (Wildman–Crippen MR) is 65.4 cm³/mol. The molecule has 0 aliphatic heterocycles. The lowest BCUT2D eigenvalue weighted by Gasteiger charge is -2.07. The average Bonchev–Trinajstić information content (AvgIpc) is 2.57. The molecule has 1 aromatic heterocycles. The molecule has 0 unspecified atom stereocenters. The van der Waals surface area contributed by atoms with Gasteiger partial charge in [-0.2, -0.15) is 0 Å². The molecule has 1 N–H and O–H groups in total. The second-order valence-electron chi connectivity index (χ2n) is 3.59. The zero-order valence-corrected chi connectivity index (χ0v) is 9.80. The fraction of sp³-hybridized carbons (Fsp3) is 0.333. The number of aryl methyl sites for hydroxylation is 1. The van der Waals surface area contributed by atoms with Crippen molar-refractivity contribution in [1.29, 1.82) is 0 Å². The van der Waals surface area contributed by atoms with Crippen LogP contribution >= 0.6 is 11.6 Å².